The van der Waals surface area contributed by atoms with E-state index >= 15 is 0 Å². The number of amides is 2. The van der Waals surface area contributed by atoms with Gasteiger partial charge in [-0.3, -0.25) is 20.4 Å². The van der Waals surface area contributed by atoms with Crippen LogP contribution in [0.15, 0.2) is 71.1 Å². The summed E-state index contributed by atoms with van der Waals surface area (Å²) in [7, 11) is 1.57. The van der Waals surface area contributed by atoms with Crippen molar-refractivity contribution < 1.29 is 23.5 Å². The van der Waals surface area contributed by atoms with E-state index in [0.29, 0.717) is 23.7 Å². The zero-order chi connectivity index (χ0) is 20.5. The van der Waals surface area contributed by atoms with Gasteiger partial charge in [-0.1, -0.05) is 30.3 Å². The van der Waals surface area contributed by atoms with Gasteiger partial charge in [-0.2, -0.15) is 0 Å². The normalized spacial score (nSPS) is 10.2. The van der Waals surface area contributed by atoms with Gasteiger partial charge in [-0.15, -0.1) is 0 Å². The van der Waals surface area contributed by atoms with E-state index in [1.54, 1.807) is 31.4 Å². The van der Waals surface area contributed by atoms with Gasteiger partial charge in [0.05, 0.1) is 7.11 Å². The minimum absolute atomic E-state index is 0.182. The van der Waals surface area contributed by atoms with Gasteiger partial charge in [-0.25, -0.2) is 0 Å². The maximum Gasteiger partial charge on any atom is 0.276 e. The first-order valence-corrected chi connectivity index (χ1v) is 9.13. The maximum atomic E-state index is 11.9. The second kappa shape index (κ2) is 9.98. The second-order valence-corrected chi connectivity index (χ2v) is 6.19. The highest BCUT2D eigenvalue weighted by Gasteiger charge is 2.09. The first kappa shape index (κ1) is 20.0. The van der Waals surface area contributed by atoms with Crippen LogP contribution in [-0.2, 0) is 16.0 Å². The van der Waals surface area contributed by atoms with Crippen LogP contribution >= 0.6 is 0 Å². The number of hydrazine groups is 1. The second-order valence-electron chi connectivity index (χ2n) is 6.19. The molecule has 0 spiro atoms. The van der Waals surface area contributed by atoms with Crippen molar-refractivity contribution in [2.45, 2.75) is 12.8 Å². The topological polar surface area (TPSA) is 89.8 Å². The Bertz CT molecular complexity index is 935. The molecular formula is C22H22N2O5. The molecule has 29 heavy (non-hydrogen) atoms. The van der Waals surface area contributed by atoms with Crippen LogP contribution in [-0.4, -0.2) is 25.5 Å². The fourth-order valence-electron chi connectivity index (χ4n) is 2.57. The van der Waals surface area contributed by atoms with Gasteiger partial charge in [0.2, 0.25) is 5.91 Å². The summed E-state index contributed by atoms with van der Waals surface area (Å²) in [6.45, 7) is -0.217. The summed E-state index contributed by atoms with van der Waals surface area (Å²) in [6.07, 6.45) is 0.609. The number of carbonyl (C=O) groups is 2. The lowest BCUT2D eigenvalue weighted by Gasteiger charge is -2.09. The van der Waals surface area contributed by atoms with Crippen LogP contribution in [0.2, 0.25) is 0 Å². The number of ether oxygens (including phenoxy) is 2. The SMILES string of the molecule is COc1ccc(OCC(=O)NNC(=O)CCc2ccc(-c3ccccc3)o2)cc1. The van der Waals surface area contributed by atoms with Gasteiger partial charge in [-0.05, 0) is 36.4 Å². The van der Waals surface area contributed by atoms with Crippen LogP contribution in [0, 0.1) is 0 Å². The van der Waals surface area contributed by atoms with Crippen LogP contribution < -0.4 is 20.3 Å². The van der Waals surface area contributed by atoms with Crippen molar-refractivity contribution in [2.75, 3.05) is 13.7 Å². The third kappa shape index (κ3) is 6.14. The van der Waals surface area contributed by atoms with Gasteiger partial charge in [0, 0.05) is 18.4 Å². The predicted octanol–water partition coefficient (Wildman–Crippen LogP) is 3.11. The van der Waals surface area contributed by atoms with Crippen LogP contribution in [0.4, 0.5) is 0 Å². The average molecular weight is 394 g/mol. The number of hydrogen-bond acceptors (Lipinski definition) is 5. The minimum Gasteiger partial charge on any atom is -0.497 e. The fraction of sp³-hybridized carbons (Fsp3) is 0.182. The van der Waals surface area contributed by atoms with E-state index in [0.717, 1.165) is 11.3 Å². The molecule has 2 N–H and O–H groups in total. The summed E-state index contributed by atoms with van der Waals surface area (Å²) in [6, 6.07) is 20.3. The van der Waals surface area contributed by atoms with Crippen LogP contribution in [0.5, 0.6) is 11.5 Å². The Kier molecular flexibility index (Phi) is 6.89. The Morgan fingerprint density at radius 1 is 0.862 bits per heavy atom. The summed E-state index contributed by atoms with van der Waals surface area (Å²) in [5, 5.41) is 0. The minimum atomic E-state index is -0.460. The monoisotopic (exact) mass is 394 g/mol. The number of methoxy groups -OCH3 is 1. The highest BCUT2D eigenvalue weighted by molar-refractivity contribution is 5.82. The van der Waals surface area contributed by atoms with Crippen molar-refractivity contribution in [3.05, 3.63) is 72.5 Å². The molecule has 1 heterocycles. The van der Waals surface area contributed by atoms with Crippen LogP contribution in [0.1, 0.15) is 12.2 Å². The number of rotatable bonds is 8. The van der Waals surface area contributed by atoms with E-state index in [4.69, 9.17) is 13.9 Å². The summed E-state index contributed by atoms with van der Waals surface area (Å²) in [5.74, 6) is 1.90. The number of carbonyl (C=O) groups excluding carboxylic acids is 2. The molecule has 7 heteroatoms. The van der Waals surface area contributed by atoms with Crippen molar-refractivity contribution in [3.63, 3.8) is 0 Å². The van der Waals surface area contributed by atoms with Gasteiger partial charge in [0.15, 0.2) is 6.61 Å². The van der Waals surface area contributed by atoms with Gasteiger partial charge in [0.1, 0.15) is 23.0 Å². The Hall–Kier alpha value is -3.74. The molecule has 0 saturated carbocycles. The molecule has 2 aromatic carbocycles. The summed E-state index contributed by atoms with van der Waals surface area (Å²) in [4.78, 5) is 23.7. The van der Waals surface area contributed by atoms with Gasteiger partial charge >= 0.3 is 0 Å². The molecule has 0 aliphatic carbocycles. The zero-order valence-electron chi connectivity index (χ0n) is 16.0. The molecule has 7 nitrogen and oxygen atoms in total. The summed E-state index contributed by atoms with van der Waals surface area (Å²) in [5.41, 5.74) is 5.67. The van der Waals surface area contributed by atoms with E-state index in [1.165, 1.54) is 0 Å². The molecule has 3 rings (SSSR count). The van der Waals surface area contributed by atoms with Crippen molar-refractivity contribution in [1.29, 1.82) is 0 Å². The molecular weight excluding hydrogens is 372 g/mol. The van der Waals surface area contributed by atoms with Crippen molar-refractivity contribution >= 4 is 11.8 Å². The van der Waals surface area contributed by atoms with Crippen LogP contribution in [0.25, 0.3) is 11.3 Å². The molecule has 0 radical (unpaired) electrons. The Morgan fingerprint density at radius 3 is 2.28 bits per heavy atom. The van der Waals surface area contributed by atoms with Crippen LogP contribution in [0.3, 0.4) is 0 Å². The smallest absolute Gasteiger partial charge is 0.276 e. The Labute approximate surface area is 168 Å². The van der Waals surface area contributed by atoms with Crippen molar-refractivity contribution in [1.82, 2.24) is 10.9 Å². The van der Waals surface area contributed by atoms with Gasteiger partial charge < -0.3 is 13.9 Å². The predicted molar refractivity (Wildman–Crippen MR) is 107 cm³/mol. The first-order chi connectivity index (χ1) is 14.1. The molecule has 0 saturated heterocycles. The molecule has 150 valence electrons. The molecule has 0 bridgehead atoms. The molecule has 0 fully saturated rings. The number of furan rings is 1. The lowest BCUT2D eigenvalue weighted by molar-refractivity contribution is -0.130. The molecule has 1 aromatic heterocycles. The number of nitrogens with one attached hydrogen (secondary N) is 2. The standard InChI is InChI=1S/C22H22N2O5/c1-27-17-7-9-18(10-8-17)28-15-22(26)24-23-21(25)14-12-19-11-13-20(29-19)16-5-3-2-4-6-16/h2-11,13H,12,14-15H2,1H3,(H,23,25)(H,24,26). The van der Waals surface area contributed by atoms with Gasteiger partial charge in [0.25, 0.3) is 5.91 Å². The van der Waals surface area contributed by atoms with E-state index in [2.05, 4.69) is 10.9 Å². The first-order valence-electron chi connectivity index (χ1n) is 9.13. The highest BCUT2D eigenvalue weighted by atomic mass is 16.5. The highest BCUT2D eigenvalue weighted by Crippen LogP contribution is 2.22. The van der Waals surface area contributed by atoms with E-state index < -0.39 is 5.91 Å². The van der Waals surface area contributed by atoms with E-state index in [-0.39, 0.29) is 18.9 Å². The zero-order valence-corrected chi connectivity index (χ0v) is 16.0. The molecule has 3 aromatic rings. The Balaban J connectivity index is 1.36. The molecule has 0 unspecified atom stereocenters. The lowest BCUT2D eigenvalue weighted by atomic mass is 10.2. The molecule has 0 atom stereocenters. The maximum absolute atomic E-state index is 11.9. The van der Waals surface area contributed by atoms with Crippen molar-refractivity contribution in [2.24, 2.45) is 0 Å². The molecule has 0 aliphatic rings. The molecule has 2 amide bonds. The third-order valence-corrected chi connectivity index (χ3v) is 4.09. The van der Waals surface area contributed by atoms with Crippen molar-refractivity contribution in [3.8, 4) is 22.8 Å². The lowest BCUT2D eigenvalue weighted by Crippen LogP contribution is -2.43. The summed E-state index contributed by atoms with van der Waals surface area (Å²) >= 11 is 0. The average Bonchev–Trinajstić information content (AvgIpc) is 3.25. The summed E-state index contributed by atoms with van der Waals surface area (Å²) < 4.78 is 16.1. The number of benzene rings is 2. The fourth-order valence-corrected chi connectivity index (χ4v) is 2.57. The largest absolute Gasteiger partial charge is 0.497 e. The van der Waals surface area contributed by atoms with E-state index in [1.807, 2.05) is 42.5 Å². The quantitative estimate of drug-likeness (QED) is 0.573. The molecule has 0 aliphatic heterocycles. The number of aryl methyl sites for hydroxylation is 1. The van der Waals surface area contributed by atoms with E-state index in [9.17, 15) is 9.59 Å². The number of hydrogen-bond donors (Lipinski definition) is 2. The third-order valence-electron chi connectivity index (χ3n) is 4.09. The Morgan fingerprint density at radius 2 is 1.55 bits per heavy atom.